The second-order valence-electron chi connectivity index (χ2n) is 5.00. The van der Waals surface area contributed by atoms with Gasteiger partial charge in [0, 0.05) is 38.0 Å². The summed E-state index contributed by atoms with van der Waals surface area (Å²) in [6.45, 7) is 7.50. The van der Waals surface area contributed by atoms with Crippen molar-refractivity contribution in [2.24, 2.45) is 0 Å². The van der Waals surface area contributed by atoms with Crippen molar-refractivity contribution in [1.82, 2.24) is 20.4 Å². The SMILES string of the molecule is Cc1noc(CCC(=O)N2CC(C)NC(C)C2)n1. The number of piperazine rings is 1. The van der Waals surface area contributed by atoms with E-state index in [0.717, 1.165) is 13.1 Å². The van der Waals surface area contributed by atoms with Crippen LogP contribution >= 0.6 is 0 Å². The Morgan fingerprint density at radius 1 is 1.44 bits per heavy atom. The summed E-state index contributed by atoms with van der Waals surface area (Å²) in [5.41, 5.74) is 0. The maximum Gasteiger partial charge on any atom is 0.227 e. The number of amides is 1. The van der Waals surface area contributed by atoms with Gasteiger partial charge in [0.1, 0.15) is 0 Å². The lowest BCUT2D eigenvalue weighted by molar-refractivity contribution is -0.133. The molecule has 1 saturated heterocycles. The van der Waals surface area contributed by atoms with Gasteiger partial charge in [-0.25, -0.2) is 0 Å². The summed E-state index contributed by atoms with van der Waals surface area (Å²) in [4.78, 5) is 18.1. The summed E-state index contributed by atoms with van der Waals surface area (Å²) in [5, 5.41) is 7.12. The Labute approximate surface area is 107 Å². The van der Waals surface area contributed by atoms with Crippen LogP contribution in [0, 0.1) is 6.92 Å². The van der Waals surface area contributed by atoms with Gasteiger partial charge in [0.2, 0.25) is 11.8 Å². The van der Waals surface area contributed by atoms with Crippen LogP contribution in [0.4, 0.5) is 0 Å². The van der Waals surface area contributed by atoms with E-state index in [-0.39, 0.29) is 5.91 Å². The Kier molecular flexibility index (Phi) is 3.96. The van der Waals surface area contributed by atoms with Gasteiger partial charge in [-0.1, -0.05) is 5.16 Å². The molecule has 0 radical (unpaired) electrons. The zero-order valence-electron chi connectivity index (χ0n) is 11.1. The molecular formula is C12H20N4O2. The first kappa shape index (κ1) is 13.0. The molecule has 6 heteroatoms. The largest absolute Gasteiger partial charge is 0.340 e. The standard InChI is InChI=1S/C12H20N4O2/c1-8-6-16(7-9(2)13-8)12(17)5-4-11-14-10(3)15-18-11/h8-9,13H,4-7H2,1-3H3. The van der Waals surface area contributed by atoms with Crippen molar-refractivity contribution < 1.29 is 9.32 Å². The maximum absolute atomic E-state index is 12.1. The minimum atomic E-state index is 0.158. The molecule has 1 aromatic heterocycles. The molecule has 1 fully saturated rings. The van der Waals surface area contributed by atoms with Crippen LogP contribution in [0.15, 0.2) is 4.52 Å². The molecule has 2 rings (SSSR count). The Balaban J connectivity index is 1.84. The predicted molar refractivity (Wildman–Crippen MR) is 66.0 cm³/mol. The van der Waals surface area contributed by atoms with Crippen LogP contribution in [0.25, 0.3) is 0 Å². The average molecular weight is 252 g/mol. The van der Waals surface area contributed by atoms with Gasteiger partial charge < -0.3 is 14.7 Å². The summed E-state index contributed by atoms with van der Waals surface area (Å²) in [6, 6.07) is 0.701. The molecular weight excluding hydrogens is 232 g/mol. The molecule has 0 saturated carbocycles. The number of aryl methyl sites for hydroxylation is 2. The highest BCUT2D eigenvalue weighted by molar-refractivity contribution is 5.76. The van der Waals surface area contributed by atoms with Gasteiger partial charge in [-0.3, -0.25) is 4.79 Å². The van der Waals surface area contributed by atoms with Crippen molar-refractivity contribution in [3.63, 3.8) is 0 Å². The lowest BCUT2D eigenvalue weighted by Gasteiger charge is -2.36. The van der Waals surface area contributed by atoms with Crippen molar-refractivity contribution in [3.05, 3.63) is 11.7 Å². The fraction of sp³-hybridized carbons (Fsp3) is 0.750. The molecule has 1 amide bonds. The van der Waals surface area contributed by atoms with Gasteiger partial charge in [-0.15, -0.1) is 0 Å². The summed E-state index contributed by atoms with van der Waals surface area (Å²) in [7, 11) is 0. The molecule has 1 aliphatic heterocycles. The van der Waals surface area contributed by atoms with Crippen LogP contribution in [-0.2, 0) is 11.2 Å². The zero-order chi connectivity index (χ0) is 13.1. The Hall–Kier alpha value is -1.43. The number of nitrogens with zero attached hydrogens (tertiary/aromatic N) is 3. The van der Waals surface area contributed by atoms with Crippen LogP contribution in [0.2, 0.25) is 0 Å². The van der Waals surface area contributed by atoms with E-state index in [1.807, 2.05) is 4.90 Å². The second kappa shape index (κ2) is 5.48. The van der Waals surface area contributed by atoms with Crippen molar-refractivity contribution in [2.75, 3.05) is 13.1 Å². The van der Waals surface area contributed by atoms with Crippen molar-refractivity contribution in [3.8, 4) is 0 Å². The van der Waals surface area contributed by atoms with Gasteiger partial charge in [0.15, 0.2) is 5.82 Å². The van der Waals surface area contributed by atoms with E-state index in [0.29, 0.717) is 36.6 Å². The molecule has 0 bridgehead atoms. The monoisotopic (exact) mass is 252 g/mol. The lowest BCUT2D eigenvalue weighted by Crippen LogP contribution is -2.55. The van der Waals surface area contributed by atoms with E-state index >= 15 is 0 Å². The highest BCUT2D eigenvalue weighted by Crippen LogP contribution is 2.08. The first-order chi connectivity index (χ1) is 8.54. The van der Waals surface area contributed by atoms with Crippen LogP contribution < -0.4 is 5.32 Å². The number of rotatable bonds is 3. The summed E-state index contributed by atoms with van der Waals surface area (Å²) < 4.78 is 5.00. The van der Waals surface area contributed by atoms with Gasteiger partial charge in [0.25, 0.3) is 0 Å². The molecule has 18 heavy (non-hydrogen) atoms. The smallest absolute Gasteiger partial charge is 0.227 e. The summed E-state index contributed by atoms with van der Waals surface area (Å²) in [5.74, 6) is 1.31. The fourth-order valence-corrected chi connectivity index (χ4v) is 2.34. The third-order valence-corrected chi connectivity index (χ3v) is 3.03. The molecule has 0 aliphatic carbocycles. The van der Waals surface area contributed by atoms with E-state index in [9.17, 15) is 4.79 Å². The number of hydrogen-bond donors (Lipinski definition) is 1. The minimum Gasteiger partial charge on any atom is -0.340 e. The Bertz CT molecular complexity index is 408. The highest BCUT2D eigenvalue weighted by atomic mass is 16.5. The van der Waals surface area contributed by atoms with E-state index < -0.39 is 0 Å². The molecule has 2 unspecified atom stereocenters. The predicted octanol–water partition coefficient (Wildman–Crippen LogP) is 0.519. The molecule has 0 aromatic carbocycles. The lowest BCUT2D eigenvalue weighted by atomic mass is 10.1. The van der Waals surface area contributed by atoms with E-state index in [1.54, 1.807) is 6.92 Å². The van der Waals surface area contributed by atoms with Crippen molar-refractivity contribution >= 4 is 5.91 Å². The van der Waals surface area contributed by atoms with E-state index in [4.69, 9.17) is 4.52 Å². The molecule has 1 N–H and O–H groups in total. The first-order valence-electron chi connectivity index (χ1n) is 6.37. The first-order valence-corrected chi connectivity index (χ1v) is 6.37. The van der Waals surface area contributed by atoms with Crippen molar-refractivity contribution in [1.29, 1.82) is 0 Å². The molecule has 2 heterocycles. The molecule has 1 aromatic rings. The van der Waals surface area contributed by atoms with E-state index in [1.165, 1.54) is 0 Å². The summed E-state index contributed by atoms with van der Waals surface area (Å²) >= 11 is 0. The third-order valence-electron chi connectivity index (χ3n) is 3.03. The number of carbonyl (C=O) groups is 1. The van der Waals surface area contributed by atoms with Gasteiger partial charge in [-0.05, 0) is 20.8 Å². The molecule has 6 nitrogen and oxygen atoms in total. The normalized spacial score (nSPS) is 24.3. The fourth-order valence-electron chi connectivity index (χ4n) is 2.34. The van der Waals surface area contributed by atoms with Gasteiger partial charge >= 0.3 is 0 Å². The van der Waals surface area contributed by atoms with Gasteiger partial charge in [-0.2, -0.15) is 4.98 Å². The zero-order valence-corrected chi connectivity index (χ0v) is 11.1. The number of aromatic nitrogens is 2. The van der Waals surface area contributed by atoms with Crippen LogP contribution in [0.1, 0.15) is 32.0 Å². The minimum absolute atomic E-state index is 0.158. The Morgan fingerprint density at radius 3 is 2.67 bits per heavy atom. The number of carbonyl (C=O) groups excluding carboxylic acids is 1. The van der Waals surface area contributed by atoms with Crippen LogP contribution in [-0.4, -0.2) is 46.1 Å². The number of nitrogens with one attached hydrogen (secondary N) is 1. The summed E-state index contributed by atoms with van der Waals surface area (Å²) in [6.07, 6.45) is 0.952. The number of hydrogen-bond acceptors (Lipinski definition) is 5. The molecule has 0 spiro atoms. The highest BCUT2D eigenvalue weighted by Gasteiger charge is 2.24. The Morgan fingerprint density at radius 2 is 2.11 bits per heavy atom. The molecule has 2 atom stereocenters. The van der Waals surface area contributed by atoms with Crippen LogP contribution in [0.5, 0.6) is 0 Å². The van der Waals surface area contributed by atoms with Crippen LogP contribution in [0.3, 0.4) is 0 Å². The quantitative estimate of drug-likeness (QED) is 0.849. The van der Waals surface area contributed by atoms with Gasteiger partial charge in [0.05, 0.1) is 0 Å². The van der Waals surface area contributed by atoms with E-state index in [2.05, 4.69) is 29.3 Å². The molecule has 100 valence electrons. The average Bonchev–Trinajstić information content (AvgIpc) is 2.70. The van der Waals surface area contributed by atoms with Crippen molar-refractivity contribution in [2.45, 2.75) is 45.7 Å². The maximum atomic E-state index is 12.1. The third kappa shape index (κ3) is 3.29. The second-order valence-corrected chi connectivity index (χ2v) is 5.00. The molecule has 1 aliphatic rings. The topological polar surface area (TPSA) is 71.3 Å².